The second-order valence-corrected chi connectivity index (χ2v) is 4.54. The zero-order valence-electron chi connectivity index (χ0n) is 12.0. The Kier molecular flexibility index (Phi) is 7.62. The molecule has 0 amide bonds. The zero-order valence-corrected chi connectivity index (χ0v) is 12.0. The van der Waals surface area contributed by atoms with Crippen molar-refractivity contribution < 1.29 is 19.4 Å². The number of carbonyl (C=O) groups excluding carboxylic acids is 1. The molecule has 0 aliphatic rings. The van der Waals surface area contributed by atoms with E-state index in [2.05, 4.69) is 0 Å². The van der Waals surface area contributed by atoms with Crippen molar-refractivity contribution in [1.82, 2.24) is 0 Å². The molecule has 0 fully saturated rings. The molecule has 20 heavy (non-hydrogen) atoms. The van der Waals surface area contributed by atoms with Crippen LogP contribution in [0.25, 0.3) is 0 Å². The van der Waals surface area contributed by atoms with Crippen LogP contribution in [0.2, 0.25) is 0 Å². The second-order valence-electron chi connectivity index (χ2n) is 4.54. The van der Waals surface area contributed by atoms with Crippen molar-refractivity contribution in [1.29, 1.82) is 0 Å². The van der Waals surface area contributed by atoms with Gasteiger partial charge in [0.15, 0.2) is 0 Å². The first-order chi connectivity index (χ1) is 9.63. The van der Waals surface area contributed by atoms with E-state index in [1.54, 1.807) is 13.0 Å². The third-order valence-electron chi connectivity index (χ3n) is 2.83. The molecule has 2 atom stereocenters. The molecular weight excluding hydrogens is 256 g/mol. The van der Waals surface area contributed by atoms with Gasteiger partial charge in [0.25, 0.3) is 0 Å². The summed E-state index contributed by atoms with van der Waals surface area (Å²) in [5, 5.41) is 9.91. The van der Waals surface area contributed by atoms with Gasteiger partial charge in [-0.25, -0.2) is 4.79 Å². The van der Waals surface area contributed by atoms with Crippen LogP contribution in [0.1, 0.15) is 19.4 Å². The third kappa shape index (κ3) is 6.50. The van der Waals surface area contributed by atoms with Crippen LogP contribution in [-0.4, -0.2) is 30.4 Å². The fourth-order valence-electron chi connectivity index (χ4n) is 1.57. The van der Waals surface area contributed by atoms with E-state index in [0.717, 1.165) is 5.56 Å². The van der Waals surface area contributed by atoms with E-state index in [1.807, 2.05) is 37.3 Å². The maximum atomic E-state index is 11.1. The Hall–Kier alpha value is -1.65. The fraction of sp³-hybridized carbons (Fsp3) is 0.438. The van der Waals surface area contributed by atoms with Gasteiger partial charge < -0.3 is 14.6 Å². The van der Waals surface area contributed by atoms with Gasteiger partial charge in [0.1, 0.15) is 0 Å². The molecule has 0 radical (unpaired) electrons. The number of hydrogen-bond acceptors (Lipinski definition) is 4. The van der Waals surface area contributed by atoms with Crippen LogP contribution < -0.4 is 0 Å². The Balaban J connectivity index is 2.27. The average Bonchev–Trinajstić information content (AvgIpc) is 2.46. The largest absolute Gasteiger partial charge is 0.463 e. The molecule has 0 heterocycles. The van der Waals surface area contributed by atoms with E-state index in [1.165, 1.54) is 6.08 Å². The molecule has 0 bridgehead atoms. The van der Waals surface area contributed by atoms with Crippen LogP contribution in [0.5, 0.6) is 0 Å². The SMILES string of the molecule is CCOC(=O)/C=C/[C@H](C)[C@@H](O)COCc1ccccc1. The number of aliphatic hydroxyl groups is 1. The van der Waals surface area contributed by atoms with Crippen LogP contribution in [0.4, 0.5) is 0 Å². The molecule has 1 N–H and O–H groups in total. The molecule has 110 valence electrons. The van der Waals surface area contributed by atoms with Crippen LogP contribution in [0, 0.1) is 5.92 Å². The average molecular weight is 278 g/mol. The molecule has 0 saturated heterocycles. The van der Waals surface area contributed by atoms with Crippen molar-refractivity contribution in [3.05, 3.63) is 48.0 Å². The van der Waals surface area contributed by atoms with Crippen LogP contribution in [0.15, 0.2) is 42.5 Å². The van der Waals surface area contributed by atoms with Crippen molar-refractivity contribution >= 4 is 5.97 Å². The van der Waals surface area contributed by atoms with E-state index in [-0.39, 0.29) is 12.5 Å². The molecule has 0 unspecified atom stereocenters. The van der Waals surface area contributed by atoms with Gasteiger partial charge in [-0.2, -0.15) is 0 Å². The maximum absolute atomic E-state index is 11.1. The van der Waals surface area contributed by atoms with Crippen molar-refractivity contribution in [2.75, 3.05) is 13.2 Å². The minimum atomic E-state index is -0.649. The summed E-state index contributed by atoms with van der Waals surface area (Å²) >= 11 is 0. The zero-order chi connectivity index (χ0) is 14.8. The number of ether oxygens (including phenoxy) is 2. The number of benzene rings is 1. The lowest BCUT2D eigenvalue weighted by atomic mass is 10.1. The predicted molar refractivity (Wildman–Crippen MR) is 77.0 cm³/mol. The van der Waals surface area contributed by atoms with Gasteiger partial charge in [-0.3, -0.25) is 0 Å². The first-order valence-electron chi connectivity index (χ1n) is 6.78. The summed E-state index contributed by atoms with van der Waals surface area (Å²) in [4.78, 5) is 11.1. The Morgan fingerprint density at radius 3 is 2.70 bits per heavy atom. The normalized spacial score (nSPS) is 14.2. The van der Waals surface area contributed by atoms with Crippen molar-refractivity contribution in [2.24, 2.45) is 5.92 Å². The number of rotatable bonds is 8. The Morgan fingerprint density at radius 2 is 2.05 bits per heavy atom. The van der Waals surface area contributed by atoms with Gasteiger partial charge in [0.05, 0.1) is 25.9 Å². The highest BCUT2D eigenvalue weighted by atomic mass is 16.5. The second kappa shape index (κ2) is 9.28. The van der Waals surface area contributed by atoms with Gasteiger partial charge in [-0.1, -0.05) is 43.3 Å². The number of aliphatic hydroxyl groups excluding tert-OH is 1. The van der Waals surface area contributed by atoms with Crippen LogP contribution in [0.3, 0.4) is 0 Å². The molecular formula is C16H22O4. The van der Waals surface area contributed by atoms with Gasteiger partial charge in [0.2, 0.25) is 0 Å². The molecule has 4 heteroatoms. The number of esters is 1. The first kappa shape index (κ1) is 16.4. The first-order valence-corrected chi connectivity index (χ1v) is 6.78. The lowest BCUT2D eigenvalue weighted by Crippen LogP contribution is -2.22. The monoisotopic (exact) mass is 278 g/mol. The molecule has 0 spiro atoms. The summed E-state index contributed by atoms with van der Waals surface area (Å²) in [5.41, 5.74) is 1.06. The van der Waals surface area contributed by atoms with E-state index in [4.69, 9.17) is 9.47 Å². The Labute approximate surface area is 120 Å². The van der Waals surface area contributed by atoms with Crippen LogP contribution >= 0.6 is 0 Å². The molecule has 1 rings (SSSR count). The molecule has 1 aromatic carbocycles. The molecule has 0 saturated carbocycles. The van der Waals surface area contributed by atoms with Gasteiger partial charge in [-0.15, -0.1) is 0 Å². The van der Waals surface area contributed by atoms with Crippen molar-refractivity contribution in [3.63, 3.8) is 0 Å². The number of carbonyl (C=O) groups is 1. The summed E-state index contributed by atoms with van der Waals surface area (Å²) < 4.78 is 10.2. The smallest absolute Gasteiger partial charge is 0.330 e. The van der Waals surface area contributed by atoms with Gasteiger partial charge in [-0.05, 0) is 12.5 Å². The summed E-state index contributed by atoms with van der Waals surface area (Å²) in [6.07, 6.45) is 2.33. The predicted octanol–water partition coefficient (Wildman–Crippen LogP) is 2.32. The molecule has 0 aromatic heterocycles. The fourth-order valence-corrected chi connectivity index (χ4v) is 1.57. The lowest BCUT2D eigenvalue weighted by molar-refractivity contribution is -0.137. The van der Waals surface area contributed by atoms with Crippen molar-refractivity contribution in [2.45, 2.75) is 26.6 Å². The van der Waals surface area contributed by atoms with Crippen LogP contribution in [-0.2, 0) is 20.9 Å². The molecule has 1 aromatic rings. The van der Waals surface area contributed by atoms with Gasteiger partial charge in [0, 0.05) is 12.0 Å². The molecule has 4 nitrogen and oxygen atoms in total. The van der Waals surface area contributed by atoms with Gasteiger partial charge >= 0.3 is 5.97 Å². The molecule has 0 aliphatic carbocycles. The number of hydrogen-bond donors (Lipinski definition) is 1. The highest BCUT2D eigenvalue weighted by Gasteiger charge is 2.12. The lowest BCUT2D eigenvalue weighted by Gasteiger charge is -2.15. The third-order valence-corrected chi connectivity index (χ3v) is 2.83. The van der Waals surface area contributed by atoms with Crippen molar-refractivity contribution in [3.8, 4) is 0 Å². The molecule has 0 aliphatic heterocycles. The Bertz CT molecular complexity index is 414. The standard InChI is InChI=1S/C16H22O4/c1-3-20-16(18)10-9-13(2)15(17)12-19-11-14-7-5-4-6-8-14/h4-10,13,15,17H,3,11-12H2,1-2H3/b10-9+/t13-,15-/m0/s1. The highest BCUT2D eigenvalue weighted by molar-refractivity contribution is 5.81. The minimum Gasteiger partial charge on any atom is -0.463 e. The van der Waals surface area contributed by atoms with E-state index in [0.29, 0.717) is 13.2 Å². The quantitative estimate of drug-likeness (QED) is 0.585. The highest BCUT2D eigenvalue weighted by Crippen LogP contribution is 2.07. The van der Waals surface area contributed by atoms with E-state index >= 15 is 0 Å². The Morgan fingerprint density at radius 1 is 1.35 bits per heavy atom. The summed E-state index contributed by atoms with van der Waals surface area (Å²) in [5.74, 6) is -0.563. The topological polar surface area (TPSA) is 55.8 Å². The summed E-state index contributed by atoms with van der Waals surface area (Å²) in [7, 11) is 0. The summed E-state index contributed by atoms with van der Waals surface area (Å²) in [6.45, 7) is 4.61. The summed E-state index contributed by atoms with van der Waals surface area (Å²) in [6, 6.07) is 9.77. The van der Waals surface area contributed by atoms with E-state index < -0.39 is 12.1 Å². The maximum Gasteiger partial charge on any atom is 0.330 e. The van der Waals surface area contributed by atoms with E-state index in [9.17, 15) is 9.90 Å². The minimum absolute atomic E-state index is 0.171.